The lowest BCUT2D eigenvalue weighted by Crippen LogP contribution is -2.40. The topological polar surface area (TPSA) is 72.9 Å². The fourth-order valence-electron chi connectivity index (χ4n) is 2.85. The highest BCUT2D eigenvalue weighted by atomic mass is 32.2. The average Bonchev–Trinajstić information content (AvgIpc) is 2.72. The number of sulfonamides is 1. The number of hydrogen-bond donors (Lipinski definition) is 0. The first-order valence-corrected chi connectivity index (χ1v) is 10.1. The first-order chi connectivity index (χ1) is 13.7. The van der Waals surface area contributed by atoms with Crippen LogP contribution in [0.3, 0.4) is 0 Å². The zero-order valence-corrected chi connectivity index (χ0v) is 16.0. The minimum atomic E-state index is -4.56. The molecule has 0 atom stereocenters. The molecule has 29 heavy (non-hydrogen) atoms. The summed E-state index contributed by atoms with van der Waals surface area (Å²) in [5, 5.41) is 0. The van der Waals surface area contributed by atoms with Crippen LogP contribution in [0.25, 0.3) is 0 Å². The van der Waals surface area contributed by atoms with Crippen LogP contribution in [-0.2, 0) is 32.3 Å². The molecule has 6 nitrogen and oxygen atoms in total. The predicted octanol–water partition coefficient (Wildman–Crippen LogP) is 3.08. The second-order valence-electron chi connectivity index (χ2n) is 6.27. The number of esters is 1. The number of alkyl halides is 3. The monoisotopic (exact) mass is 429 g/mol. The Hall–Kier alpha value is -2.43. The molecule has 0 spiro atoms. The number of carbonyl (C=O) groups excluding carboxylic acids is 1. The molecule has 2 aromatic rings. The number of morpholine rings is 1. The third kappa shape index (κ3) is 4.95. The molecule has 1 heterocycles. The molecule has 1 saturated heterocycles. The normalized spacial score (nSPS) is 15.8. The molecule has 0 amide bonds. The molecule has 1 aliphatic heterocycles. The van der Waals surface area contributed by atoms with Gasteiger partial charge < -0.3 is 9.47 Å². The molecule has 0 saturated carbocycles. The van der Waals surface area contributed by atoms with Gasteiger partial charge >= 0.3 is 12.1 Å². The predicted molar refractivity (Wildman–Crippen MR) is 96.6 cm³/mol. The highest BCUT2D eigenvalue weighted by molar-refractivity contribution is 7.89. The van der Waals surface area contributed by atoms with Gasteiger partial charge in [-0.1, -0.05) is 18.2 Å². The number of halogens is 3. The van der Waals surface area contributed by atoms with Crippen molar-refractivity contribution in [2.24, 2.45) is 0 Å². The van der Waals surface area contributed by atoms with Gasteiger partial charge in [0.2, 0.25) is 10.0 Å². The van der Waals surface area contributed by atoms with Crippen molar-refractivity contribution < 1.29 is 35.9 Å². The number of benzene rings is 2. The highest BCUT2D eigenvalue weighted by Crippen LogP contribution is 2.32. The van der Waals surface area contributed by atoms with Crippen LogP contribution in [-0.4, -0.2) is 45.0 Å². The lowest BCUT2D eigenvalue weighted by Gasteiger charge is -2.26. The van der Waals surface area contributed by atoms with E-state index in [1.54, 1.807) is 0 Å². The van der Waals surface area contributed by atoms with Crippen molar-refractivity contribution in [1.29, 1.82) is 0 Å². The first kappa shape index (κ1) is 21.3. The van der Waals surface area contributed by atoms with Gasteiger partial charge in [0.05, 0.1) is 29.2 Å². The van der Waals surface area contributed by atoms with Crippen molar-refractivity contribution >= 4 is 16.0 Å². The second-order valence-corrected chi connectivity index (χ2v) is 8.21. The molecular weight excluding hydrogens is 411 g/mol. The molecule has 0 unspecified atom stereocenters. The van der Waals surface area contributed by atoms with Crippen molar-refractivity contribution in [2.75, 3.05) is 26.3 Å². The van der Waals surface area contributed by atoms with E-state index in [2.05, 4.69) is 0 Å². The zero-order valence-electron chi connectivity index (χ0n) is 15.2. The van der Waals surface area contributed by atoms with Gasteiger partial charge in [-0.05, 0) is 30.3 Å². The summed E-state index contributed by atoms with van der Waals surface area (Å²) in [7, 11) is -3.71. The summed E-state index contributed by atoms with van der Waals surface area (Å²) in [5.41, 5.74) is -1.00. The molecule has 156 valence electrons. The molecule has 10 heteroatoms. The molecular formula is C19H18F3NO5S. The van der Waals surface area contributed by atoms with Crippen LogP contribution >= 0.6 is 0 Å². The summed E-state index contributed by atoms with van der Waals surface area (Å²) in [6.45, 7) is 0.546. The Morgan fingerprint density at radius 1 is 1.03 bits per heavy atom. The van der Waals surface area contributed by atoms with Crippen LogP contribution in [0.5, 0.6) is 0 Å². The molecule has 0 radical (unpaired) electrons. The fourth-order valence-corrected chi connectivity index (χ4v) is 4.26. The molecule has 0 aromatic heterocycles. The Kier molecular flexibility index (Phi) is 6.25. The minimum Gasteiger partial charge on any atom is -0.457 e. The summed E-state index contributed by atoms with van der Waals surface area (Å²) in [6.07, 6.45) is -4.56. The van der Waals surface area contributed by atoms with Crippen LogP contribution < -0.4 is 0 Å². The molecule has 0 aliphatic carbocycles. The van der Waals surface area contributed by atoms with Gasteiger partial charge in [0.1, 0.15) is 6.61 Å². The van der Waals surface area contributed by atoms with E-state index < -0.39 is 34.3 Å². The van der Waals surface area contributed by atoms with E-state index in [-0.39, 0.29) is 29.1 Å². The van der Waals surface area contributed by atoms with Crippen LogP contribution in [0.4, 0.5) is 13.2 Å². The van der Waals surface area contributed by atoms with Gasteiger partial charge in [-0.3, -0.25) is 0 Å². The van der Waals surface area contributed by atoms with E-state index >= 15 is 0 Å². The first-order valence-electron chi connectivity index (χ1n) is 8.70. The van der Waals surface area contributed by atoms with Crippen molar-refractivity contribution in [1.82, 2.24) is 4.31 Å². The van der Waals surface area contributed by atoms with Gasteiger partial charge in [0.15, 0.2) is 0 Å². The summed E-state index contributed by atoms with van der Waals surface area (Å²) in [6, 6.07) is 9.89. The van der Waals surface area contributed by atoms with Crippen LogP contribution in [0.2, 0.25) is 0 Å². The average molecular weight is 429 g/mol. The third-order valence-electron chi connectivity index (χ3n) is 4.38. The number of carbonyl (C=O) groups is 1. The fraction of sp³-hybridized carbons (Fsp3) is 0.316. The van der Waals surface area contributed by atoms with Gasteiger partial charge in [0, 0.05) is 18.7 Å². The summed E-state index contributed by atoms with van der Waals surface area (Å²) >= 11 is 0. The summed E-state index contributed by atoms with van der Waals surface area (Å²) in [5.74, 6) is -0.850. The maximum atomic E-state index is 13.0. The molecule has 0 N–H and O–H groups in total. The van der Waals surface area contributed by atoms with Crippen molar-refractivity contribution in [2.45, 2.75) is 17.7 Å². The maximum Gasteiger partial charge on any atom is 0.416 e. The van der Waals surface area contributed by atoms with E-state index in [4.69, 9.17) is 9.47 Å². The van der Waals surface area contributed by atoms with Crippen LogP contribution in [0, 0.1) is 0 Å². The number of hydrogen-bond acceptors (Lipinski definition) is 5. The number of nitrogens with zero attached hydrogens (tertiary/aromatic N) is 1. The number of ether oxygens (including phenoxy) is 2. The molecule has 1 aliphatic rings. The molecule has 2 aromatic carbocycles. The lowest BCUT2D eigenvalue weighted by molar-refractivity contribution is -0.138. The largest absolute Gasteiger partial charge is 0.457 e. The Bertz CT molecular complexity index is 968. The zero-order chi connectivity index (χ0) is 21.1. The van der Waals surface area contributed by atoms with Crippen LogP contribution in [0.15, 0.2) is 53.4 Å². The molecule has 3 rings (SSSR count). The Labute approximate surface area is 165 Å². The maximum absolute atomic E-state index is 13.0. The van der Waals surface area contributed by atoms with Crippen molar-refractivity contribution in [3.05, 3.63) is 65.2 Å². The van der Waals surface area contributed by atoms with Gasteiger partial charge in [-0.2, -0.15) is 17.5 Å². The highest BCUT2D eigenvalue weighted by Gasteiger charge is 2.33. The lowest BCUT2D eigenvalue weighted by atomic mass is 10.1. The van der Waals surface area contributed by atoms with E-state index in [1.165, 1.54) is 46.8 Å². The Morgan fingerprint density at radius 2 is 1.66 bits per heavy atom. The van der Waals surface area contributed by atoms with Crippen molar-refractivity contribution in [3.8, 4) is 0 Å². The van der Waals surface area contributed by atoms with E-state index in [0.29, 0.717) is 13.2 Å². The van der Waals surface area contributed by atoms with Gasteiger partial charge in [0.25, 0.3) is 0 Å². The SMILES string of the molecule is O=C(OCc1ccccc1C(F)(F)F)c1ccc(S(=O)(=O)N2CCOCC2)cc1. The third-order valence-corrected chi connectivity index (χ3v) is 6.29. The van der Waals surface area contributed by atoms with Crippen LogP contribution in [0.1, 0.15) is 21.5 Å². The van der Waals surface area contributed by atoms with Gasteiger partial charge in [-0.15, -0.1) is 0 Å². The van der Waals surface area contributed by atoms with Crippen molar-refractivity contribution in [3.63, 3.8) is 0 Å². The second kappa shape index (κ2) is 8.52. The summed E-state index contributed by atoms with van der Waals surface area (Å²) < 4.78 is 75.5. The van der Waals surface area contributed by atoms with Gasteiger partial charge in [-0.25, -0.2) is 13.2 Å². The Balaban J connectivity index is 1.69. The van der Waals surface area contributed by atoms with E-state index in [1.807, 2.05) is 0 Å². The Morgan fingerprint density at radius 3 is 2.28 bits per heavy atom. The van der Waals surface area contributed by atoms with E-state index in [9.17, 15) is 26.4 Å². The molecule has 1 fully saturated rings. The minimum absolute atomic E-state index is 0.0124. The number of rotatable bonds is 5. The smallest absolute Gasteiger partial charge is 0.416 e. The standard InChI is InChI=1S/C19H18F3NO5S/c20-19(21,22)17-4-2-1-3-15(17)13-28-18(24)14-5-7-16(8-6-14)29(25,26)23-9-11-27-12-10-23/h1-8H,9-13H2. The molecule has 0 bridgehead atoms. The quantitative estimate of drug-likeness (QED) is 0.683. The van der Waals surface area contributed by atoms with E-state index in [0.717, 1.165) is 6.07 Å². The summed E-state index contributed by atoms with van der Waals surface area (Å²) in [4.78, 5) is 12.2.